The highest BCUT2D eigenvalue weighted by molar-refractivity contribution is 5.85. The highest BCUT2D eigenvalue weighted by Gasteiger charge is 2.27. The molecule has 0 fully saturated rings. The molecule has 2 rings (SSSR count). The third kappa shape index (κ3) is 3.91. The molecule has 1 unspecified atom stereocenters. The van der Waals surface area contributed by atoms with Gasteiger partial charge < -0.3 is 10.5 Å². The first kappa shape index (κ1) is 14.7. The predicted molar refractivity (Wildman–Crippen MR) is 70.2 cm³/mol. The number of fused-ring (bicyclic) bond motifs is 1. The molecule has 0 saturated heterocycles. The molecule has 1 aromatic heterocycles. The van der Waals surface area contributed by atoms with Gasteiger partial charge in [-0.15, -0.1) is 0 Å². The zero-order chi connectivity index (χ0) is 14.6. The molecular formula is C14H15F3N2O. The third-order valence-corrected chi connectivity index (χ3v) is 2.96. The lowest BCUT2D eigenvalue weighted by Gasteiger charge is -2.15. The highest BCUT2D eigenvalue weighted by atomic mass is 19.4. The average molecular weight is 284 g/mol. The van der Waals surface area contributed by atoms with Gasteiger partial charge in [0, 0.05) is 30.4 Å². The van der Waals surface area contributed by atoms with E-state index in [0.717, 1.165) is 16.3 Å². The van der Waals surface area contributed by atoms with Gasteiger partial charge in [0.25, 0.3) is 0 Å². The molecule has 1 aromatic carbocycles. The minimum Gasteiger partial charge on any atom is -0.372 e. The molecule has 0 radical (unpaired) electrons. The van der Waals surface area contributed by atoms with Crippen molar-refractivity contribution >= 4 is 10.8 Å². The Hall–Kier alpha value is -1.66. The Labute approximate surface area is 114 Å². The molecule has 0 bridgehead atoms. The van der Waals surface area contributed by atoms with Crippen LogP contribution in [0.1, 0.15) is 18.0 Å². The van der Waals surface area contributed by atoms with Crippen molar-refractivity contribution in [2.75, 3.05) is 13.2 Å². The van der Waals surface area contributed by atoms with Crippen LogP contribution in [0, 0.1) is 0 Å². The summed E-state index contributed by atoms with van der Waals surface area (Å²) in [5.74, 6) is 0. The number of benzene rings is 1. The number of nitrogens with two attached hydrogens (primary N) is 1. The Morgan fingerprint density at radius 2 is 2.05 bits per heavy atom. The molecule has 20 heavy (non-hydrogen) atoms. The van der Waals surface area contributed by atoms with Crippen molar-refractivity contribution in [3.63, 3.8) is 0 Å². The zero-order valence-corrected chi connectivity index (χ0v) is 10.7. The van der Waals surface area contributed by atoms with Gasteiger partial charge in [0.1, 0.15) is 6.61 Å². The van der Waals surface area contributed by atoms with Crippen molar-refractivity contribution in [1.82, 2.24) is 4.98 Å². The van der Waals surface area contributed by atoms with E-state index in [1.54, 1.807) is 12.4 Å². The molecule has 0 spiro atoms. The van der Waals surface area contributed by atoms with E-state index in [0.29, 0.717) is 6.42 Å². The molecule has 0 aliphatic rings. The predicted octanol–water partition coefficient (Wildman–Crippen LogP) is 3.20. The molecule has 1 atom stereocenters. The van der Waals surface area contributed by atoms with Gasteiger partial charge >= 0.3 is 6.18 Å². The first-order chi connectivity index (χ1) is 9.47. The number of aromatic nitrogens is 1. The molecule has 0 aliphatic carbocycles. The summed E-state index contributed by atoms with van der Waals surface area (Å²) in [6.07, 6.45) is -0.581. The summed E-state index contributed by atoms with van der Waals surface area (Å²) in [6.45, 7) is -1.27. The lowest BCUT2D eigenvalue weighted by atomic mass is 9.99. The minimum absolute atomic E-state index is 0.0304. The molecule has 108 valence electrons. The van der Waals surface area contributed by atoms with Crippen molar-refractivity contribution in [3.8, 4) is 0 Å². The molecule has 3 nitrogen and oxygen atoms in total. The second-order valence-corrected chi connectivity index (χ2v) is 4.51. The number of halogens is 3. The van der Waals surface area contributed by atoms with Crippen LogP contribution in [0.15, 0.2) is 36.7 Å². The van der Waals surface area contributed by atoms with E-state index in [2.05, 4.69) is 9.72 Å². The number of pyridine rings is 1. The SMILES string of the molecule is NC(CCOCC(F)(F)F)c1cccc2ccncc12. The molecule has 0 amide bonds. The number of rotatable bonds is 5. The summed E-state index contributed by atoms with van der Waals surface area (Å²) in [7, 11) is 0. The van der Waals surface area contributed by atoms with Crippen molar-refractivity contribution in [2.24, 2.45) is 5.73 Å². The molecular weight excluding hydrogens is 269 g/mol. The third-order valence-electron chi connectivity index (χ3n) is 2.96. The summed E-state index contributed by atoms with van der Waals surface area (Å²) < 4.78 is 40.4. The van der Waals surface area contributed by atoms with Crippen LogP contribution < -0.4 is 5.73 Å². The second kappa shape index (κ2) is 6.19. The maximum Gasteiger partial charge on any atom is 0.411 e. The Morgan fingerprint density at radius 3 is 2.80 bits per heavy atom. The number of hydrogen-bond acceptors (Lipinski definition) is 3. The standard InChI is InChI=1S/C14H15F3N2O/c15-14(16,17)9-20-7-5-13(18)11-3-1-2-10-4-6-19-8-12(10)11/h1-4,6,8,13H,5,7,9,18H2. The van der Waals surface area contributed by atoms with E-state index in [9.17, 15) is 13.2 Å². The van der Waals surface area contributed by atoms with E-state index in [1.807, 2.05) is 24.3 Å². The van der Waals surface area contributed by atoms with Crippen molar-refractivity contribution in [2.45, 2.75) is 18.6 Å². The van der Waals surface area contributed by atoms with E-state index in [-0.39, 0.29) is 12.6 Å². The zero-order valence-electron chi connectivity index (χ0n) is 10.7. The number of hydrogen-bond donors (Lipinski definition) is 1. The Morgan fingerprint density at radius 1 is 1.25 bits per heavy atom. The van der Waals surface area contributed by atoms with Crippen LogP contribution in [0.2, 0.25) is 0 Å². The van der Waals surface area contributed by atoms with E-state index >= 15 is 0 Å². The number of alkyl halides is 3. The molecule has 1 heterocycles. The summed E-state index contributed by atoms with van der Waals surface area (Å²) in [5.41, 5.74) is 6.89. The normalized spacial score (nSPS) is 13.6. The smallest absolute Gasteiger partial charge is 0.372 e. The lowest BCUT2D eigenvalue weighted by molar-refractivity contribution is -0.174. The van der Waals surface area contributed by atoms with Gasteiger partial charge in [0.05, 0.1) is 0 Å². The fourth-order valence-electron chi connectivity index (χ4n) is 2.01. The fraction of sp³-hybridized carbons (Fsp3) is 0.357. The Kier molecular flexibility index (Phi) is 4.57. The van der Waals surface area contributed by atoms with Crippen LogP contribution in [0.3, 0.4) is 0 Å². The van der Waals surface area contributed by atoms with Gasteiger partial charge in [-0.05, 0) is 23.4 Å². The van der Waals surface area contributed by atoms with Gasteiger partial charge in [0.2, 0.25) is 0 Å². The van der Waals surface area contributed by atoms with Gasteiger partial charge in [-0.25, -0.2) is 0 Å². The largest absolute Gasteiger partial charge is 0.411 e. The highest BCUT2D eigenvalue weighted by Crippen LogP contribution is 2.24. The van der Waals surface area contributed by atoms with Gasteiger partial charge in [-0.1, -0.05) is 18.2 Å². The van der Waals surface area contributed by atoms with Gasteiger partial charge in [-0.3, -0.25) is 4.98 Å². The van der Waals surface area contributed by atoms with Crippen LogP contribution in [0.4, 0.5) is 13.2 Å². The van der Waals surface area contributed by atoms with Crippen molar-refractivity contribution in [3.05, 3.63) is 42.2 Å². The quantitative estimate of drug-likeness (QED) is 0.858. The van der Waals surface area contributed by atoms with Gasteiger partial charge in [0.15, 0.2) is 0 Å². The first-order valence-corrected chi connectivity index (χ1v) is 6.20. The van der Waals surface area contributed by atoms with E-state index in [1.165, 1.54) is 0 Å². The maximum atomic E-state index is 11.9. The Bertz CT molecular complexity index is 566. The summed E-state index contributed by atoms with van der Waals surface area (Å²) in [4.78, 5) is 4.05. The first-order valence-electron chi connectivity index (χ1n) is 6.20. The van der Waals surface area contributed by atoms with Crippen molar-refractivity contribution in [1.29, 1.82) is 0 Å². The maximum absolute atomic E-state index is 11.9. The molecule has 2 aromatic rings. The molecule has 0 aliphatic heterocycles. The topological polar surface area (TPSA) is 48.1 Å². The fourth-order valence-corrected chi connectivity index (χ4v) is 2.01. The van der Waals surface area contributed by atoms with Crippen molar-refractivity contribution < 1.29 is 17.9 Å². The summed E-state index contributed by atoms with van der Waals surface area (Å²) >= 11 is 0. The molecule has 6 heteroatoms. The van der Waals surface area contributed by atoms with Crippen LogP contribution in [0.25, 0.3) is 10.8 Å². The monoisotopic (exact) mass is 284 g/mol. The molecule has 2 N–H and O–H groups in total. The average Bonchev–Trinajstić information content (AvgIpc) is 2.41. The lowest BCUT2D eigenvalue weighted by Crippen LogP contribution is -2.19. The van der Waals surface area contributed by atoms with Gasteiger partial charge in [-0.2, -0.15) is 13.2 Å². The number of nitrogens with zero attached hydrogens (tertiary/aromatic N) is 1. The molecule has 0 saturated carbocycles. The van der Waals surface area contributed by atoms with E-state index in [4.69, 9.17) is 5.73 Å². The van der Waals surface area contributed by atoms with Crippen LogP contribution >= 0.6 is 0 Å². The Balaban J connectivity index is 1.99. The second-order valence-electron chi connectivity index (χ2n) is 4.51. The minimum atomic E-state index is -4.30. The summed E-state index contributed by atoms with van der Waals surface area (Å²) in [6, 6.07) is 7.15. The van der Waals surface area contributed by atoms with Crippen LogP contribution in [0.5, 0.6) is 0 Å². The van der Waals surface area contributed by atoms with Crippen LogP contribution in [-0.4, -0.2) is 24.4 Å². The van der Waals surface area contributed by atoms with E-state index < -0.39 is 12.8 Å². The van der Waals surface area contributed by atoms with Crippen LogP contribution in [-0.2, 0) is 4.74 Å². The number of ether oxygens (including phenoxy) is 1. The summed E-state index contributed by atoms with van der Waals surface area (Å²) in [5, 5.41) is 1.92.